The summed E-state index contributed by atoms with van der Waals surface area (Å²) in [5, 5.41) is 2.39. The van der Waals surface area contributed by atoms with Gasteiger partial charge in [-0.15, -0.1) is 0 Å². The lowest BCUT2D eigenvalue weighted by Gasteiger charge is -2.23. The van der Waals surface area contributed by atoms with Crippen molar-refractivity contribution < 1.29 is 18.6 Å². The second-order valence-corrected chi connectivity index (χ2v) is 12.9. The van der Waals surface area contributed by atoms with E-state index in [2.05, 4.69) is 54.2 Å². The first kappa shape index (κ1) is 35.7. The van der Waals surface area contributed by atoms with Gasteiger partial charge in [0, 0.05) is 48.3 Å². The van der Waals surface area contributed by atoms with Gasteiger partial charge in [0.25, 0.3) is 11.8 Å². The van der Waals surface area contributed by atoms with Crippen LogP contribution in [0.1, 0.15) is 100 Å². The number of hydrogen-bond acceptors (Lipinski definition) is 4. The van der Waals surface area contributed by atoms with Gasteiger partial charge in [0.2, 0.25) is 6.41 Å². The molecule has 10 heteroatoms. The smallest absolute Gasteiger partial charge is 0.270 e. The molecule has 1 unspecified atom stereocenters. The zero-order valence-corrected chi connectivity index (χ0v) is 28.5. The van der Waals surface area contributed by atoms with Gasteiger partial charge in [-0.1, -0.05) is 77.8 Å². The number of amides is 3. The van der Waals surface area contributed by atoms with Gasteiger partial charge in [-0.3, -0.25) is 29.5 Å². The molecule has 1 aromatic heterocycles. The highest BCUT2D eigenvalue weighted by Crippen LogP contribution is 2.43. The maximum Gasteiger partial charge on any atom is 0.270 e. The summed E-state index contributed by atoms with van der Waals surface area (Å²) < 4.78 is 18.5. The van der Waals surface area contributed by atoms with Gasteiger partial charge in [0.15, 0.2) is 11.2 Å². The lowest BCUT2D eigenvalue weighted by molar-refractivity contribution is -0.134. The van der Waals surface area contributed by atoms with Crippen LogP contribution in [-0.4, -0.2) is 57.0 Å². The van der Waals surface area contributed by atoms with E-state index in [9.17, 15) is 18.6 Å². The number of allylic oxidation sites excluding steroid dienone is 6. The van der Waals surface area contributed by atoms with E-state index in [1.54, 1.807) is 26.2 Å². The fourth-order valence-electron chi connectivity index (χ4n) is 5.85. The Labute approximate surface area is 270 Å². The van der Waals surface area contributed by atoms with Crippen molar-refractivity contribution in [3.8, 4) is 0 Å². The summed E-state index contributed by atoms with van der Waals surface area (Å²) in [6, 6.07) is 5.60. The number of carbonyl (C=O) groups excluding carboxylic acids is 3. The van der Waals surface area contributed by atoms with Gasteiger partial charge in [-0.05, 0) is 60.9 Å². The molecular weight excluding hydrogens is 586 g/mol. The highest BCUT2D eigenvalue weighted by molar-refractivity contribution is 7.81. The standard InChI is InChI=1S/C35H49N5O4S/c1-8-13-17-29-25(12-5)21-28(35(43)40(36-24-41)20-14-9-2)23-39-31-22-27(34(42)37-45(44)38(6)7)18-19-30(31)32(33(29)39)26(15-10-3)16-11-4/h12-13,17-19,21-22,24,26H,5,8-11,14-16,20,23H2,1-4,6-7H3,(H,36,41)(H,37,42)/b17-13-. The summed E-state index contributed by atoms with van der Waals surface area (Å²) in [5.41, 5.74) is 8.26. The van der Waals surface area contributed by atoms with Crippen LogP contribution in [-0.2, 0) is 27.3 Å². The number of hydrazine groups is 1. The average Bonchev–Trinajstić information content (AvgIpc) is 3.24. The topological polar surface area (TPSA) is 104 Å². The molecule has 2 N–H and O–H groups in total. The lowest BCUT2D eigenvalue weighted by Crippen LogP contribution is -2.44. The van der Waals surface area contributed by atoms with Crippen LogP contribution >= 0.6 is 0 Å². The van der Waals surface area contributed by atoms with Crippen molar-refractivity contribution in [2.45, 2.75) is 85.1 Å². The zero-order valence-electron chi connectivity index (χ0n) is 27.7. The van der Waals surface area contributed by atoms with Crippen LogP contribution in [0.5, 0.6) is 0 Å². The Bertz CT molecular complexity index is 1510. The summed E-state index contributed by atoms with van der Waals surface area (Å²) in [4.78, 5) is 38.8. The highest BCUT2D eigenvalue weighted by atomic mass is 32.2. The Morgan fingerprint density at radius 2 is 1.82 bits per heavy atom. The molecule has 0 fully saturated rings. The quantitative estimate of drug-likeness (QED) is 0.157. The monoisotopic (exact) mass is 635 g/mol. The lowest BCUT2D eigenvalue weighted by atomic mass is 9.85. The summed E-state index contributed by atoms with van der Waals surface area (Å²) in [6.07, 6.45) is 14.8. The number of hydrogen-bond donors (Lipinski definition) is 2. The number of fused-ring (bicyclic) bond motifs is 3. The normalized spacial score (nSPS) is 14.0. The third-order valence-electron chi connectivity index (χ3n) is 7.99. The minimum absolute atomic E-state index is 0.230. The molecule has 1 aliphatic rings. The molecule has 3 rings (SSSR count). The molecule has 1 aromatic carbocycles. The van der Waals surface area contributed by atoms with Crippen LogP contribution in [0, 0.1) is 0 Å². The van der Waals surface area contributed by atoms with Crippen molar-refractivity contribution in [3.05, 3.63) is 77.0 Å². The van der Waals surface area contributed by atoms with E-state index in [1.165, 1.54) is 14.9 Å². The van der Waals surface area contributed by atoms with Crippen LogP contribution in [0.25, 0.3) is 16.5 Å². The first-order valence-corrected chi connectivity index (χ1v) is 17.1. The average molecular weight is 636 g/mol. The molecule has 1 aliphatic heterocycles. The van der Waals surface area contributed by atoms with Gasteiger partial charge >= 0.3 is 0 Å². The molecule has 1 atom stereocenters. The first-order valence-electron chi connectivity index (χ1n) is 16.0. The van der Waals surface area contributed by atoms with E-state index in [0.29, 0.717) is 24.1 Å². The number of carbonyl (C=O) groups is 3. The molecule has 244 valence electrons. The van der Waals surface area contributed by atoms with Crippen molar-refractivity contribution >= 4 is 45.9 Å². The fraction of sp³-hybridized carbons (Fsp3) is 0.457. The van der Waals surface area contributed by atoms with Crippen LogP contribution < -0.4 is 10.1 Å². The van der Waals surface area contributed by atoms with E-state index in [1.807, 2.05) is 25.1 Å². The van der Waals surface area contributed by atoms with Crippen LogP contribution in [0.4, 0.5) is 0 Å². The Hall–Kier alpha value is -3.76. The molecule has 0 saturated heterocycles. The van der Waals surface area contributed by atoms with Crippen LogP contribution in [0.3, 0.4) is 0 Å². The second-order valence-electron chi connectivity index (χ2n) is 11.5. The number of nitrogens with one attached hydrogen (secondary N) is 2. The summed E-state index contributed by atoms with van der Waals surface area (Å²) in [7, 11) is 3.26. The van der Waals surface area contributed by atoms with E-state index in [0.717, 1.165) is 72.7 Å². The van der Waals surface area contributed by atoms with Crippen molar-refractivity contribution in [3.63, 3.8) is 0 Å². The molecule has 0 aliphatic carbocycles. The van der Waals surface area contributed by atoms with Crippen molar-refractivity contribution in [2.75, 3.05) is 20.6 Å². The van der Waals surface area contributed by atoms with E-state index in [4.69, 9.17) is 0 Å². The Morgan fingerprint density at radius 1 is 1.11 bits per heavy atom. The number of rotatable bonds is 17. The van der Waals surface area contributed by atoms with Crippen molar-refractivity contribution in [1.82, 2.24) is 24.0 Å². The molecule has 2 aromatic rings. The summed E-state index contributed by atoms with van der Waals surface area (Å²) in [6.45, 7) is 13.2. The van der Waals surface area contributed by atoms with Gasteiger partial charge in [0.05, 0.1) is 12.2 Å². The fourth-order valence-corrected chi connectivity index (χ4v) is 6.31. The molecule has 45 heavy (non-hydrogen) atoms. The van der Waals surface area contributed by atoms with Crippen LogP contribution in [0.2, 0.25) is 0 Å². The third-order valence-corrected chi connectivity index (χ3v) is 9.01. The summed E-state index contributed by atoms with van der Waals surface area (Å²) >= 11 is -1.68. The Morgan fingerprint density at radius 3 is 2.40 bits per heavy atom. The van der Waals surface area contributed by atoms with Crippen LogP contribution in [0.15, 0.2) is 60.2 Å². The van der Waals surface area contributed by atoms with E-state index >= 15 is 0 Å². The van der Waals surface area contributed by atoms with Gasteiger partial charge in [0.1, 0.15) is 0 Å². The van der Waals surface area contributed by atoms with Gasteiger partial charge in [-0.2, -0.15) is 0 Å². The molecule has 0 saturated carbocycles. The molecule has 2 heterocycles. The van der Waals surface area contributed by atoms with Crippen molar-refractivity contribution in [1.29, 1.82) is 0 Å². The largest absolute Gasteiger partial charge is 0.335 e. The predicted octanol–water partition coefficient (Wildman–Crippen LogP) is 6.33. The molecule has 0 bridgehead atoms. The minimum Gasteiger partial charge on any atom is -0.335 e. The van der Waals surface area contributed by atoms with Crippen molar-refractivity contribution in [2.24, 2.45) is 0 Å². The highest BCUT2D eigenvalue weighted by Gasteiger charge is 2.30. The summed E-state index contributed by atoms with van der Waals surface area (Å²) in [5.74, 6) is -0.487. The zero-order chi connectivity index (χ0) is 33.1. The maximum absolute atomic E-state index is 14.0. The second kappa shape index (κ2) is 17.1. The number of nitrogens with zero attached hydrogens (tertiary/aromatic N) is 3. The van der Waals surface area contributed by atoms with Gasteiger partial charge in [-0.25, -0.2) is 8.51 Å². The number of benzene rings is 1. The first-order chi connectivity index (χ1) is 21.7. The molecule has 3 amide bonds. The molecular formula is C35H49N5O4S. The maximum atomic E-state index is 14.0. The Kier molecular flexibility index (Phi) is 13.6. The molecule has 0 radical (unpaired) electrons. The SMILES string of the molecule is C=CC1=C(/C=C\CC)c2c(C(CCC)CCC)c3ccc(C(=O)NS(=O)N(C)C)cc3n2CC(C(=O)N(CCCC)NC=O)=C1. The van der Waals surface area contributed by atoms with E-state index in [-0.39, 0.29) is 18.4 Å². The predicted molar refractivity (Wildman–Crippen MR) is 184 cm³/mol. The van der Waals surface area contributed by atoms with Gasteiger partial charge < -0.3 is 4.57 Å². The number of aromatic nitrogens is 1. The molecule has 9 nitrogen and oxygen atoms in total. The molecule has 0 spiro atoms. The van der Waals surface area contributed by atoms with E-state index < -0.39 is 17.1 Å². The Balaban J connectivity index is 2.41. The number of unbranched alkanes of at least 4 members (excludes halogenated alkanes) is 1. The minimum atomic E-state index is -1.68. The third kappa shape index (κ3) is 8.29.